The van der Waals surface area contributed by atoms with Gasteiger partial charge in [0.15, 0.2) is 0 Å². The summed E-state index contributed by atoms with van der Waals surface area (Å²) in [4.78, 5) is 26.2. The standard InChI is InChI=1S/C15H18FN3O2.ClH/c16-9-1-2-11-12(8-14(20)18-13(11)7-9)15(21)19-5-3-10(17)4-6-19;/h1-2,7,10,12H,3-6,8,17H2,(H,18,20);1H. The third-order valence-electron chi connectivity index (χ3n) is 4.20. The molecule has 0 aliphatic carbocycles. The first-order valence-electron chi connectivity index (χ1n) is 7.18. The maximum atomic E-state index is 13.3. The van der Waals surface area contributed by atoms with Gasteiger partial charge in [0.05, 0.1) is 5.92 Å². The number of benzene rings is 1. The lowest BCUT2D eigenvalue weighted by molar-refractivity contribution is -0.135. The van der Waals surface area contributed by atoms with Gasteiger partial charge in [-0.05, 0) is 30.5 Å². The van der Waals surface area contributed by atoms with Crippen LogP contribution in [0.25, 0.3) is 0 Å². The summed E-state index contributed by atoms with van der Waals surface area (Å²) in [6, 6.07) is 4.31. The van der Waals surface area contributed by atoms with Crippen LogP contribution in [0.3, 0.4) is 0 Å². The first-order chi connectivity index (χ1) is 10.0. The number of carbonyl (C=O) groups is 2. The molecule has 22 heavy (non-hydrogen) atoms. The molecule has 1 saturated heterocycles. The lowest BCUT2D eigenvalue weighted by Gasteiger charge is -2.34. The Hall–Kier alpha value is -1.66. The van der Waals surface area contributed by atoms with Crippen LogP contribution in [0.4, 0.5) is 10.1 Å². The molecule has 1 aromatic carbocycles. The number of likely N-dealkylation sites (tertiary alicyclic amines) is 1. The average Bonchev–Trinajstić information content (AvgIpc) is 2.46. The van der Waals surface area contributed by atoms with Gasteiger partial charge in [0, 0.05) is 31.2 Å². The van der Waals surface area contributed by atoms with Crippen molar-refractivity contribution in [1.29, 1.82) is 0 Å². The number of fused-ring (bicyclic) bond motifs is 1. The zero-order valence-electron chi connectivity index (χ0n) is 12.0. The summed E-state index contributed by atoms with van der Waals surface area (Å²) < 4.78 is 13.3. The number of hydrogen-bond donors (Lipinski definition) is 2. The average molecular weight is 328 g/mol. The van der Waals surface area contributed by atoms with Crippen LogP contribution in [0.2, 0.25) is 0 Å². The first-order valence-corrected chi connectivity index (χ1v) is 7.18. The Morgan fingerprint density at radius 1 is 1.32 bits per heavy atom. The Morgan fingerprint density at radius 2 is 2.00 bits per heavy atom. The summed E-state index contributed by atoms with van der Waals surface area (Å²) in [5.74, 6) is -1.26. The van der Waals surface area contributed by atoms with Crippen LogP contribution in [0.1, 0.15) is 30.7 Å². The summed E-state index contributed by atoms with van der Waals surface area (Å²) in [5, 5.41) is 2.63. The number of amides is 2. The molecular weight excluding hydrogens is 309 g/mol. The van der Waals surface area contributed by atoms with E-state index in [1.807, 2.05) is 0 Å². The summed E-state index contributed by atoms with van der Waals surface area (Å²) in [6.07, 6.45) is 1.67. The third-order valence-corrected chi connectivity index (χ3v) is 4.20. The van der Waals surface area contributed by atoms with E-state index in [4.69, 9.17) is 5.73 Å². The molecule has 1 atom stereocenters. The number of rotatable bonds is 1. The smallest absolute Gasteiger partial charge is 0.230 e. The van der Waals surface area contributed by atoms with Crippen LogP contribution >= 0.6 is 12.4 Å². The van der Waals surface area contributed by atoms with Gasteiger partial charge in [-0.1, -0.05) is 6.07 Å². The number of carbonyl (C=O) groups excluding carboxylic acids is 2. The third kappa shape index (κ3) is 3.23. The van der Waals surface area contributed by atoms with E-state index in [-0.39, 0.29) is 36.7 Å². The van der Waals surface area contributed by atoms with Gasteiger partial charge in [-0.2, -0.15) is 0 Å². The Labute approximate surface area is 134 Å². The summed E-state index contributed by atoms with van der Waals surface area (Å²) in [6.45, 7) is 1.24. The van der Waals surface area contributed by atoms with Crippen molar-refractivity contribution in [1.82, 2.24) is 4.90 Å². The number of piperidine rings is 1. The van der Waals surface area contributed by atoms with Crippen LogP contribution in [-0.2, 0) is 9.59 Å². The molecule has 3 N–H and O–H groups in total. The van der Waals surface area contributed by atoms with Gasteiger partial charge in [-0.25, -0.2) is 4.39 Å². The minimum atomic E-state index is -0.524. The lowest BCUT2D eigenvalue weighted by Crippen LogP contribution is -2.45. The van der Waals surface area contributed by atoms with Crippen LogP contribution in [0.5, 0.6) is 0 Å². The number of halogens is 2. The maximum absolute atomic E-state index is 13.3. The number of nitrogens with two attached hydrogens (primary N) is 1. The highest BCUT2D eigenvalue weighted by molar-refractivity contribution is 6.01. The fourth-order valence-electron chi connectivity index (χ4n) is 3.00. The van der Waals surface area contributed by atoms with E-state index >= 15 is 0 Å². The highest BCUT2D eigenvalue weighted by atomic mass is 35.5. The van der Waals surface area contributed by atoms with Crippen molar-refractivity contribution >= 4 is 29.9 Å². The molecular formula is C15H19ClFN3O2. The van der Waals surface area contributed by atoms with Crippen LogP contribution in [0, 0.1) is 5.82 Å². The van der Waals surface area contributed by atoms with E-state index in [1.165, 1.54) is 12.1 Å². The molecule has 2 aliphatic heterocycles. The summed E-state index contributed by atoms with van der Waals surface area (Å²) in [7, 11) is 0. The second-order valence-corrected chi connectivity index (χ2v) is 5.70. The van der Waals surface area contributed by atoms with Crippen molar-refractivity contribution in [2.75, 3.05) is 18.4 Å². The molecule has 1 unspecified atom stereocenters. The largest absolute Gasteiger partial charge is 0.342 e. The minimum absolute atomic E-state index is 0. The summed E-state index contributed by atoms with van der Waals surface area (Å²) in [5.41, 5.74) is 6.94. The predicted molar refractivity (Wildman–Crippen MR) is 83.4 cm³/mol. The highest BCUT2D eigenvalue weighted by Crippen LogP contribution is 2.34. The molecule has 0 radical (unpaired) electrons. The quantitative estimate of drug-likeness (QED) is 0.823. The fraction of sp³-hybridized carbons (Fsp3) is 0.467. The van der Waals surface area contributed by atoms with Gasteiger partial charge in [0.2, 0.25) is 11.8 Å². The Bertz CT molecular complexity index is 588. The molecule has 3 rings (SSSR count). The van der Waals surface area contributed by atoms with Crippen LogP contribution in [-0.4, -0.2) is 35.8 Å². The number of hydrogen-bond acceptors (Lipinski definition) is 3. The van der Waals surface area contributed by atoms with Crippen molar-refractivity contribution in [3.05, 3.63) is 29.6 Å². The van der Waals surface area contributed by atoms with Crippen molar-refractivity contribution in [2.45, 2.75) is 31.2 Å². The van der Waals surface area contributed by atoms with Gasteiger partial charge in [0.25, 0.3) is 0 Å². The Morgan fingerprint density at radius 3 is 2.68 bits per heavy atom. The maximum Gasteiger partial charge on any atom is 0.230 e. The zero-order valence-corrected chi connectivity index (χ0v) is 12.9. The van der Waals surface area contributed by atoms with E-state index in [1.54, 1.807) is 11.0 Å². The molecule has 7 heteroatoms. The second-order valence-electron chi connectivity index (χ2n) is 5.70. The fourth-order valence-corrected chi connectivity index (χ4v) is 3.00. The lowest BCUT2D eigenvalue weighted by atomic mass is 9.88. The molecule has 0 saturated carbocycles. The molecule has 0 aromatic heterocycles. The van der Waals surface area contributed by atoms with E-state index in [2.05, 4.69) is 5.32 Å². The Balaban J connectivity index is 0.00000176. The topological polar surface area (TPSA) is 75.4 Å². The Kier molecular flexibility index (Phi) is 5.03. The van der Waals surface area contributed by atoms with Crippen LogP contribution < -0.4 is 11.1 Å². The van der Waals surface area contributed by atoms with Gasteiger partial charge in [-0.15, -0.1) is 12.4 Å². The first kappa shape index (κ1) is 16.7. The molecule has 2 aliphatic rings. The van der Waals surface area contributed by atoms with Gasteiger partial charge in [0.1, 0.15) is 5.82 Å². The predicted octanol–water partition coefficient (Wildman–Crippen LogP) is 1.62. The zero-order chi connectivity index (χ0) is 15.0. The molecule has 5 nitrogen and oxygen atoms in total. The minimum Gasteiger partial charge on any atom is -0.342 e. The molecule has 2 amide bonds. The number of nitrogens with zero attached hydrogens (tertiary/aromatic N) is 1. The molecule has 1 fully saturated rings. The number of nitrogens with one attached hydrogen (secondary N) is 1. The molecule has 0 bridgehead atoms. The summed E-state index contributed by atoms with van der Waals surface area (Å²) >= 11 is 0. The SMILES string of the molecule is Cl.NC1CCN(C(=O)C2CC(=O)Nc3cc(F)ccc32)CC1. The van der Waals surface area contributed by atoms with Crippen molar-refractivity contribution in [2.24, 2.45) is 5.73 Å². The van der Waals surface area contributed by atoms with Gasteiger partial charge in [-0.3, -0.25) is 9.59 Å². The van der Waals surface area contributed by atoms with Crippen molar-refractivity contribution < 1.29 is 14.0 Å². The molecule has 1 aromatic rings. The second kappa shape index (κ2) is 6.62. The molecule has 2 heterocycles. The van der Waals surface area contributed by atoms with Crippen LogP contribution in [0.15, 0.2) is 18.2 Å². The number of anilines is 1. The van der Waals surface area contributed by atoms with Crippen molar-refractivity contribution in [3.63, 3.8) is 0 Å². The van der Waals surface area contributed by atoms with Gasteiger partial charge < -0.3 is 16.0 Å². The normalized spacial score (nSPS) is 21.6. The molecule has 0 spiro atoms. The van der Waals surface area contributed by atoms with Gasteiger partial charge >= 0.3 is 0 Å². The molecule has 120 valence electrons. The van der Waals surface area contributed by atoms with Crippen molar-refractivity contribution in [3.8, 4) is 0 Å². The monoisotopic (exact) mass is 327 g/mol. The van der Waals surface area contributed by atoms with E-state index in [9.17, 15) is 14.0 Å². The van der Waals surface area contributed by atoms with E-state index < -0.39 is 11.7 Å². The van der Waals surface area contributed by atoms with E-state index in [0.29, 0.717) is 24.3 Å². The highest BCUT2D eigenvalue weighted by Gasteiger charge is 2.34. The van der Waals surface area contributed by atoms with E-state index in [0.717, 1.165) is 12.8 Å².